The first-order valence-corrected chi connectivity index (χ1v) is 6.38. The van der Waals surface area contributed by atoms with Crippen LogP contribution in [0, 0.1) is 11.8 Å². The Balaban J connectivity index is 0.000000853. The third-order valence-corrected chi connectivity index (χ3v) is 4.58. The van der Waals surface area contributed by atoms with Gasteiger partial charge >= 0.3 is 0 Å². The lowest BCUT2D eigenvalue weighted by molar-refractivity contribution is 0.0255. The van der Waals surface area contributed by atoms with Gasteiger partial charge in [-0.2, -0.15) is 0 Å². The molecule has 0 aromatic heterocycles. The van der Waals surface area contributed by atoms with Crippen molar-refractivity contribution in [1.82, 2.24) is 10.2 Å². The van der Waals surface area contributed by atoms with Crippen LogP contribution in [0.15, 0.2) is 0 Å². The SMILES string of the molecule is C1CC[C@H]2CN3CCNC[C@H]3C[C@H]2C1.Cl.Cl.O. The number of nitrogens with zero attached hydrogens (tertiary/aromatic N) is 1. The molecule has 2 aliphatic heterocycles. The molecule has 2 saturated heterocycles. The number of piperidine rings is 1. The van der Waals surface area contributed by atoms with Crippen LogP contribution in [0.25, 0.3) is 0 Å². The van der Waals surface area contributed by atoms with Gasteiger partial charge in [0.25, 0.3) is 0 Å². The average Bonchev–Trinajstić information content (AvgIpc) is 2.26. The fraction of sp³-hybridized carbons (Fsp3) is 1.00. The monoisotopic (exact) mass is 284 g/mol. The first kappa shape index (κ1) is 17.5. The molecule has 3 aliphatic rings. The van der Waals surface area contributed by atoms with Crippen LogP contribution in [0.3, 0.4) is 0 Å². The number of nitrogens with one attached hydrogen (secondary N) is 1. The van der Waals surface area contributed by atoms with Crippen LogP contribution < -0.4 is 5.32 Å². The predicted molar refractivity (Wildman–Crippen MR) is 76.4 cm³/mol. The molecule has 0 unspecified atom stereocenters. The smallest absolute Gasteiger partial charge is 0.0224 e. The second-order valence-electron chi connectivity index (χ2n) is 5.39. The fourth-order valence-corrected chi connectivity index (χ4v) is 3.76. The largest absolute Gasteiger partial charge is 0.412 e. The van der Waals surface area contributed by atoms with Gasteiger partial charge in [0.15, 0.2) is 0 Å². The predicted octanol–water partition coefficient (Wildman–Crippen LogP) is 1.49. The summed E-state index contributed by atoms with van der Waals surface area (Å²) in [5.41, 5.74) is 0. The van der Waals surface area contributed by atoms with Crippen molar-refractivity contribution in [2.24, 2.45) is 11.8 Å². The summed E-state index contributed by atoms with van der Waals surface area (Å²) >= 11 is 0. The standard InChI is InChI=1S/C12H22N2.2ClH.H2O/c1-2-4-11-9-14-6-5-13-8-12(14)7-10(11)3-1;;;/h10-13H,1-9H2;2*1H;1H2/t10-,11+,12-;;;/m1.../s1. The topological polar surface area (TPSA) is 46.8 Å². The van der Waals surface area contributed by atoms with Gasteiger partial charge in [-0.1, -0.05) is 19.3 Å². The molecule has 0 aromatic carbocycles. The molecule has 17 heavy (non-hydrogen) atoms. The van der Waals surface area contributed by atoms with Gasteiger partial charge < -0.3 is 10.8 Å². The van der Waals surface area contributed by atoms with Crippen LogP contribution in [0.1, 0.15) is 32.1 Å². The van der Waals surface area contributed by atoms with Gasteiger partial charge in [-0.15, -0.1) is 24.8 Å². The Morgan fingerprint density at radius 1 is 1.00 bits per heavy atom. The summed E-state index contributed by atoms with van der Waals surface area (Å²) in [6.07, 6.45) is 7.52. The Morgan fingerprint density at radius 3 is 2.47 bits per heavy atom. The maximum Gasteiger partial charge on any atom is 0.0224 e. The van der Waals surface area contributed by atoms with Crippen LogP contribution in [0.4, 0.5) is 0 Å². The zero-order valence-electron chi connectivity index (χ0n) is 10.4. The number of fused-ring (bicyclic) bond motifs is 2. The van der Waals surface area contributed by atoms with Gasteiger partial charge in [-0.3, -0.25) is 4.90 Å². The van der Waals surface area contributed by atoms with E-state index in [1.165, 1.54) is 58.3 Å². The molecule has 0 amide bonds. The van der Waals surface area contributed by atoms with E-state index in [4.69, 9.17) is 0 Å². The van der Waals surface area contributed by atoms with Gasteiger partial charge in [0.1, 0.15) is 0 Å². The van der Waals surface area contributed by atoms with Crippen LogP contribution in [0.2, 0.25) is 0 Å². The Labute approximate surface area is 117 Å². The van der Waals surface area contributed by atoms with Crippen molar-refractivity contribution in [2.45, 2.75) is 38.1 Å². The molecule has 1 aliphatic carbocycles. The van der Waals surface area contributed by atoms with Crippen molar-refractivity contribution in [1.29, 1.82) is 0 Å². The minimum atomic E-state index is 0. The first-order chi connectivity index (χ1) is 6.93. The normalized spacial score (nSPS) is 36.4. The molecule has 3 N–H and O–H groups in total. The van der Waals surface area contributed by atoms with Gasteiger partial charge in [-0.25, -0.2) is 0 Å². The maximum absolute atomic E-state index is 3.54. The van der Waals surface area contributed by atoms with E-state index < -0.39 is 0 Å². The summed E-state index contributed by atoms with van der Waals surface area (Å²) in [7, 11) is 0. The number of hydrogen-bond donors (Lipinski definition) is 1. The molecule has 0 bridgehead atoms. The summed E-state index contributed by atoms with van der Waals surface area (Å²) in [4.78, 5) is 2.75. The molecule has 3 nitrogen and oxygen atoms in total. The van der Waals surface area contributed by atoms with E-state index in [2.05, 4.69) is 10.2 Å². The lowest BCUT2D eigenvalue weighted by Crippen LogP contribution is -2.57. The number of piperazine rings is 1. The van der Waals surface area contributed by atoms with Crippen molar-refractivity contribution in [3.05, 3.63) is 0 Å². The van der Waals surface area contributed by atoms with Crippen molar-refractivity contribution in [3.8, 4) is 0 Å². The molecule has 0 radical (unpaired) electrons. The third-order valence-electron chi connectivity index (χ3n) is 4.58. The molecule has 0 aromatic rings. The minimum Gasteiger partial charge on any atom is -0.412 e. The van der Waals surface area contributed by atoms with Crippen LogP contribution in [-0.4, -0.2) is 42.6 Å². The van der Waals surface area contributed by atoms with Gasteiger partial charge in [0.2, 0.25) is 0 Å². The molecule has 104 valence electrons. The molecule has 3 atom stereocenters. The van der Waals surface area contributed by atoms with E-state index in [9.17, 15) is 0 Å². The second-order valence-corrected chi connectivity index (χ2v) is 5.39. The molecular formula is C12H26Cl2N2O. The number of halogens is 2. The van der Waals surface area contributed by atoms with E-state index in [1.54, 1.807) is 0 Å². The summed E-state index contributed by atoms with van der Waals surface area (Å²) in [5.74, 6) is 2.13. The van der Waals surface area contributed by atoms with Crippen LogP contribution in [-0.2, 0) is 0 Å². The molecule has 1 saturated carbocycles. The third kappa shape index (κ3) is 3.71. The molecule has 3 rings (SSSR count). The van der Waals surface area contributed by atoms with E-state index >= 15 is 0 Å². The van der Waals surface area contributed by atoms with Crippen molar-refractivity contribution < 1.29 is 5.48 Å². The van der Waals surface area contributed by atoms with E-state index in [0.717, 1.165) is 17.9 Å². The highest BCUT2D eigenvalue weighted by atomic mass is 35.5. The number of hydrogen-bond acceptors (Lipinski definition) is 2. The van der Waals surface area contributed by atoms with E-state index in [1.807, 2.05) is 0 Å². The Bertz CT molecular complexity index is 177. The van der Waals surface area contributed by atoms with E-state index in [-0.39, 0.29) is 30.3 Å². The van der Waals surface area contributed by atoms with Crippen LogP contribution in [0.5, 0.6) is 0 Å². The zero-order chi connectivity index (χ0) is 9.38. The van der Waals surface area contributed by atoms with E-state index in [0.29, 0.717) is 0 Å². The van der Waals surface area contributed by atoms with Gasteiger partial charge in [-0.05, 0) is 24.7 Å². The molecule has 5 heteroatoms. The van der Waals surface area contributed by atoms with Gasteiger partial charge in [0, 0.05) is 32.2 Å². The lowest BCUT2D eigenvalue weighted by atomic mass is 9.72. The Hall–Kier alpha value is 0.460. The van der Waals surface area contributed by atoms with Crippen LogP contribution >= 0.6 is 24.8 Å². The maximum atomic E-state index is 3.54. The molecular weight excluding hydrogens is 259 g/mol. The highest BCUT2D eigenvalue weighted by Crippen LogP contribution is 2.38. The average molecular weight is 285 g/mol. The quantitative estimate of drug-likeness (QED) is 0.733. The van der Waals surface area contributed by atoms with Crippen molar-refractivity contribution in [3.63, 3.8) is 0 Å². The summed E-state index contributed by atoms with van der Waals surface area (Å²) in [6.45, 7) is 5.18. The first-order valence-electron chi connectivity index (χ1n) is 6.38. The van der Waals surface area contributed by atoms with Crippen molar-refractivity contribution >= 4 is 24.8 Å². The summed E-state index contributed by atoms with van der Waals surface area (Å²) < 4.78 is 0. The summed E-state index contributed by atoms with van der Waals surface area (Å²) in [5, 5.41) is 3.54. The fourth-order valence-electron chi connectivity index (χ4n) is 3.76. The van der Waals surface area contributed by atoms with Crippen molar-refractivity contribution in [2.75, 3.05) is 26.2 Å². The number of rotatable bonds is 0. The Morgan fingerprint density at radius 2 is 1.71 bits per heavy atom. The highest BCUT2D eigenvalue weighted by Gasteiger charge is 2.37. The zero-order valence-corrected chi connectivity index (χ0v) is 12.0. The highest BCUT2D eigenvalue weighted by molar-refractivity contribution is 5.85. The van der Waals surface area contributed by atoms with Gasteiger partial charge in [0.05, 0.1) is 0 Å². The minimum absolute atomic E-state index is 0. The Kier molecular flexibility index (Phi) is 8.01. The lowest BCUT2D eigenvalue weighted by Gasteiger charge is -2.48. The second kappa shape index (κ2) is 7.80. The molecule has 3 fully saturated rings. The summed E-state index contributed by atoms with van der Waals surface area (Å²) in [6, 6.07) is 0.878. The molecule has 2 heterocycles. The molecule has 0 spiro atoms.